The summed E-state index contributed by atoms with van der Waals surface area (Å²) in [4.78, 5) is 13.0. The molecule has 0 aliphatic rings. The van der Waals surface area contributed by atoms with Crippen molar-refractivity contribution < 1.29 is 19.4 Å². The number of hydrogen-bond donors (Lipinski definition) is 2. The molecule has 17 heavy (non-hydrogen) atoms. The van der Waals surface area contributed by atoms with Crippen molar-refractivity contribution in [1.82, 2.24) is 10.2 Å². The van der Waals surface area contributed by atoms with Gasteiger partial charge in [0.2, 0.25) is 0 Å². The smallest absolute Gasteiger partial charge is 0.322 e. The van der Waals surface area contributed by atoms with Gasteiger partial charge in [0.15, 0.2) is 0 Å². The van der Waals surface area contributed by atoms with Crippen molar-refractivity contribution in [3.05, 3.63) is 0 Å². The molecule has 2 N–H and O–H groups in total. The summed E-state index contributed by atoms with van der Waals surface area (Å²) >= 11 is 0. The number of carboxylic acid groups (broad SMARTS) is 1. The van der Waals surface area contributed by atoms with Crippen LogP contribution in [-0.4, -0.2) is 75.6 Å². The maximum atomic E-state index is 11.0. The molecule has 6 nitrogen and oxygen atoms in total. The molecule has 0 aromatic carbocycles. The topological polar surface area (TPSA) is 71.0 Å². The maximum absolute atomic E-state index is 11.0. The van der Waals surface area contributed by atoms with Crippen LogP contribution in [0.2, 0.25) is 0 Å². The molecule has 0 radical (unpaired) electrons. The zero-order chi connectivity index (χ0) is 13.1. The van der Waals surface area contributed by atoms with E-state index in [0.717, 1.165) is 0 Å². The monoisotopic (exact) mass is 248 g/mol. The third-order valence-corrected chi connectivity index (χ3v) is 2.41. The first-order chi connectivity index (χ1) is 8.15. The van der Waals surface area contributed by atoms with Gasteiger partial charge >= 0.3 is 5.97 Å². The van der Waals surface area contributed by atoms with Gasteiger partial charge in [-0.2, -0.15) is 0 Å². The fraction of sp³-hybridized carbons (Fsp3) is 0.909. The van der Waals surface area contributed by atoms with E-state index < -0.39 is 12.0 Å². The highest BCUT2D eigenvalue weighted by Crippen LogP contribution is 1.94. The number of ether oxygens (including phenoxy) is 2. The van der Waals surface area contributed by atoms with Crippen LogP contribution in [-0.2, 0) is 14.3 Å². The summed E-state index contributed by atoms with van der Waals surface area (Å²) in [5.74, 6) is -0.827. The van der Waals surface area contributed by atoms with E-state index in [9.17, 15) is 4.79 Å². The van der Waals surface area contributed by atoms with Crippen molar-refractivity contribution in [2.24, 2.45) is 0 Å². The van der Waals surface area contributed by atoms with E-state index in [1.807, 2.05) is 11.8 Å². The lowest BCUT2D eigenvalue weighted by molar-refractivity contribution is -0.140. The van der Waals surface area contributed by atoms with Crippen molar-refractivity contribution >= 4 is 5.97 Å². The Balaban J connectivity index is 4.19. The summed E-state index contributed by atoms with van der Waals surface area (Å²) in [7, 11) is 3.26. The third-order valence-electron chi connectivity index (χ3n) is 2.41. The highest BCUT2D eigenvalue weighted by Gasteiger charge is 2.19. The first-order valence-corrected chi connectivity index (χ1v) is 5.82. The molecular formula is C11H24N2O4. The Morgan fingerprint density at radius 2 is 1.82 bits per heavy atom. The molecule has 0 spiro atoms. The van der Waals surface area contributed by atoms with Crippen LogP contribution in [0.1, 0.15) is 6.92 Å². The van der Waals surface area contributed by atoms with E-state index in [0.29, 0.717) is 39.4 Å². The van der Waals surface area contributed by atoms with Gasteiger partial charge in [0.05, 0.1) is 13.2 Å². The number of rotatable bonds is 11. The lowest BCUT2D eigenvalue weighted by Crippen LogP contribution is -2.47. The second kappa shape index (κ2) is 10.5. The van der Waals surface area contributed by atoms with Gasteiger partial charge in [-0.15, -0.1) is 0 Å². The second-order valence-corrected chi connectivity index (χ2v) is 3.73. The van der Waals surface area contributed by atoms with Gasteiger partial charge in [0, 0.05) is 33.9 Å². The molecule has 0 rings (SSSR count). The summed E-state index contributed by atoms with van der Waals surface area (Å²) < 4.78 is 10.0. The van der Waals surface area contributed by atoms with Crippen molar-refractivity contribution in [2.45, 2.75) is 13.0 Å². The first-order valence-electron chi connectivity index (χ1n) is 5.82. The molecule has 0 fully saturated rings. The Morgan fingerprint density at radius 1 is 1.29 bits per heavy atom. The van der Waals surface area contributed by atoms with E-state index in [4.69, 9.17) is 14.6 Å². The molecule has 0 bridgehead atoms. The average molecular weight is 248 g/mol. The molecule has 1 unspecified atom stereocenters. The number of methoxy groups -OCH3 is 2. The molecule has 0 aromatic rings. The lowest BCUT2D eigenvalue weighted by atomic mass is 10.2. The quantitative estimate of drug-likeness (QED) is 0.520. The number of carboxylic acids is 1. The Kier molecular flexibility index (Phi) is 10.0. The minimum Gasteiger partial charge on any atom is -0.480 e. The Morgan fingerprint density at radius 3 is 2.18 bits per heavy atom. The minimum absolute atomic E-state index is 0.454. The molecule has 0 aliphatic heterocycles. The van der Waals surface area contributed by atoms with Crippen molar-refractivity contribution in [3.63, 3.8) is 0 Å². The summed E-state index contributed by atoms with van der Waals surface area (Å²) in [5, 5.41) is 12.0. The van der Waals surface area contributed by atoms with Crippen LogP contribution in [0.15, 0.2) is 0 Å². The van der Waals surface area contributed by atoms with Crippen LogP contribution >= 0.6 is 0 Å². The van der Waals surface area contributed by atoms with Crippen molar-refractivity contribution in [3.8, 4) is 0 Å². The summed E-state index contributed by atoms with van der Waals surface area (Å²) in [6.07, 6.45) is 0. The molecule has 0 aromatic heterocycles. The number of aliphatic carboxylic acids is 1. The highest BCUT2D eigenvalue weighted by molar-refractivity contribution is 5.73. The second-order valence-electron chi connectivity index (χ2n) is 3.73. The summed E-state index contributed by atoms with van der Waals surface area (Å²) in [6.45, 7) is 5.56. The number of nitrogens with one attached hydrogen (secondary N) is 1. The van der Waals surface area contributed by atoms with Crippen LogP contribution in [0.5, 0.6) is 0 Å². The van der Waals surface area contributed by atoms with Crippen LogP contribution in [0.3, 0.4) is 0 Å². The fourth-order valence-electron chi connectivity index (χ4n) is 1.47. The Bertz CT molecular complexity index is 194. The van der Waals surface area contributed by atoms with Gasteiger partial charge in [0.25, 0.3) is 0 Å². The van der Waals surface area contributed by atoms with Gasteiger partial charge in [-0.25, -0.2) is 0 Å². The van der Waals surface area contributed by atoms with E-state index in [-0.39, 0.29) is 0 Å². The van der Waals surface area contributed by atoms with Gasteiger partial charge in [-0.05, 0) is 6.54 Å². The van der Waals surface area contributed by atoms with Gasteiger partial charge in [-0.1, -0.05) is 6.92 Å². The fourth-order valence-corrected chi connectivity index (χ4v) is 1.47. The molecule has 0 saturated heterocycles. The third kappa shape index (κ3) is 8.09. The summed E-state index contributed by atoms with van der Waals surface area (Å²) in [5.41, 5.74) is 0. The van der Waals surface area contributed by atoms with Gasteiger partial charge in [-0.3, -0.25) is 9.69 Å². The van der Waals surface area contributed by atoms with Crippen molar-refractivity contribution in [1.29, 1.82) is 0 Å². The molecular weight excluding hydrogens is 224 g/mol. The molecule has 6 heteroatoms. The lowest BCUT2D eigenvalue weighted by Gasteiger charge is -2.25. The van der Waals surface area contributed by atoms with Gasteiger partial charge < -0.3 is 19.9 Å². The average Bonchev–Trinajstić information content (AvgIpc) is 2.31. The maximum Gasteiger partial charge on any atom is 0.322 e. The zero-order valence-electron chi connectivity index (χ0n) is 10.9. The summed E-state index contributed by atoms with van der Waals surface area (Å²) in [6, 6.07) is -0.547. The number of carbonyl (C=O) groups is 1. The molecule has 0 amide bonds. The predicted molar refractivity (Wildman–Crippen MR) is 65.3 cm³/mol. The molecule has 1 atom stereocenters. The van der Waals surface area contributed by atoms with Crippen LogP contribution in [0, 0.1) is 0 Å². The molecule has 0 heterocycles. The van der Waals surface area contributed by atoms with E-state index in [1.165, 1.54) is 0 Å². The number of nitrogens with zero attached hydrogens (tertiary/aromatic N) is 1. The van der Waals surface area contributed by atoms with E-state index in [2.05, 4.69) is 5.32 Å². The largest absolute Gasteiger partial charge is 0.480 e. The number of hydrogen-bond acceptors (Lipinski definition) is 5. The Labute approximate surface area is 103 Å². The van der Waals surface area contributed by atoms with Crippen molar-refractivity contribution in [2.75, 3.05) is 53.6 Å². The molecule has 0 saturated carbocycles. The Hall–Kier alpha value is -0.690. The molecule has 0 aliphatic carbocycles. The first kappa shape index (κ1) is 16.3. The molecule has 102 valence electrons. The van der Waals surface area contributed by atoms with Gasteiger partial charge in [0.1, 0.15) is 6.04 Å². The van der Waals surface area contributed by atoms with Crippen LogP contribution < -0.4 is 5.32 Å². The zero-order valence-corrected chi connectivity index (χ0v) is 10.9. The van der Waals surface area contributed by atoms with Crippen LogP contribution in [0.4, 0.5) is 0 Å². The van der Waals surface area contributed by atoms with E-state index >= 15 is 0 Å². The highest BCUT2D eigenvalue weighted by atomic mass is 16.5. The minimum atomic E-state index is -0.827. The predicted octanol–water partition coefficient (Wildman–Crippen LogP) is -0.356. The normalized spacial score (nSPS) is 12.9. The SMILES string of the molecule is CCNC(CN(CCOC)CCOC)C(=O)O. The standard InChI is InChI=1S/C11H24N2O4/c1-4-12-10(11(14)15)9-13(5-7-16-2)6-8-17-3/h10,12H,4-9H2,1-3H3,(H,14,15). The van der Waals surface area contributed by atoms with Crippen LogP contribution in [0.25, 0.3) is 0 Å². The van der Waals surface area contributed by atoms with E-state index in [1.54, 1.807) is 14.2 Å². The number of likely N-dealkylation sites (N-methyl/N-ethyl adjacent to an activating group) is 1.